The van der Waals surface area contributed by atoms with E-state index in [1.54, 1.807) is 37.3 Å². The Morgan fingerprint density at radius 2 is 1.65 bits per heavy atom. The lowest BCUT2D eigenvalue weighted by atomic mass is 10.00. The van der Waals surface area contributed by atoms with Crippen molar-refractivity contribution in [2.75, 3.05) is 10.6 Å². The first kappa shape index (κ1) is 20.0. The number of anilines is 1. The predicted octanol–water partition coefficient (Wildman–Crippen LogP) is 3.34. The third-order valence-electron chi connectivity index (χ3n) is 4.36. The molecule has 0 radical (unpaired) electrons. The van der Waals surface area contributed by atoms with Gasteiger partial charge in [-0.05, 0) is 51.0 Å². The van der Waals surface area contributed by atoms with Crippen LogP contribution in [0.5, 0.6) is 0 Å². The van der Waals surface area contributed by atoms with Crippen molar-refractivity contribution in [2.45, 2.75) is 39.8 Å². The second-order valence-electron chi connectivity index (χ2n) is 6.66. The normalized spacial score (nSPS) is 13.7. The van der Waals surface area contributed by atoms with Gasteiger partial charge in [0.05, 0.1) is 18.0 Å². The first-order valence-corrected chi connectivity index (χ1v) is 10.4. The quantitative estimate of drug-likeness (QED) is 0.843. The molecule has 2 aromatic carbocycles. The number of amides is 1. The molecule has 0 spiro atoms. The summed E-state index contributed by atoms with van der Waals surface area (Å²) in [5.41, 5.74) is 3.69. The van der Waals surface area contributed by atoms with E-state index in [1.807, 2.05) is 39.0 Å². The number of sulfonamides is 1. The molecule has 0 saturated carbocycles. The highest BCUT2D eigenvalue weighted by Gasteiger charge is 2.29. The van der Waals surface area contributed by atoms with Gasteiger partial charge in [-0.2, -0.15) is 0 Å². The molecule has 0 saturated heterocycles. The zero-order chi connectivity index (χ0) is 19.5. The van der Waals surface area contributed by atoms with Crippen molar-refractivity contribution in [1.82, 2.24) is 5.32 Å². The van der Waals surface area contributed by atoms with E-state index < -0.39 is 16.1 Å². The van der Waals surface area contributed by atoms with E-state index in [9.17, 15) is 13.2 Å². The first-order valence-electron chi connectivity index (χ1n) is 8.53. The highest BCUT2D eigenvalue weighted by molar-refractivity contribution is 7.92. The molecule has 6 heteroatoms. The number of nitrogens with zero attached hydrogens (tertiary/aromatic N) is 1. The largest absolute Gasteiger partial charge is 0.348 e. The van der Waals surface area contributed by atoms with Gasteiger partial charge in [0, 0.05) is 0 Å². The summed E-state index contributed by atoms with van der Waals surface area (Å²) in [7, 11) is -3.61. The van der Waals surface area contributed by atoms with E-state index in [0.717, 1.165) is 27.3 Å². The van der Waals surface area contributed by atoms with Gasteiger partial charge in [-0.15, -0.1) is 0 Å². The molecule has 2 aromatic rings. The SMILES string of the molecule is Cc1ccc(C)c(C(C)NC(=O)C(C)N(c2ccccc2)S(C)(=O)=O)c1. The van der Waals surface area contributed by atoms with Gasteiger partial charge in [0.25, 0.3) is 0 Å². The molecule has 1 amide bonds. The van der Waals surface area contributed by atoms with Gasteiger partial charge in [0.2, 0.25) is 15.9 Å². The summed E-state index contributed by atoms with van der Waals surface area (Å²) in [5, 5.41) is 2.94. The minimum Gasteiger partial charge on any atom is -0.348 e. The summed E-state index contributed by atoms with van der Waals surface area (Å²) in [5.74, 6) is -0.340. The average Bonchev–Trinajstić information content (AvgIpc) is 2.56. The molecule has 0 bridgehead atoms. The van der Waals surface area contributed by atoms with Crippen molar-refractivity contribution in [2.24, 2.45) is 0 Å². The summed E-state index contributed by atoms with van der Waals surface area (Å²) >= 11 is 0. The molecule has 2 unspecified atom stereocenters. The Hall–Kier alpha value is -2.34. The maximum atomic E-state index is 12.8. The number of hydrogen-bond donors (Lipinski definition) is 1. The Balaban J connectivity index is 2.25. The van der Waals surface area contributed by atoms with Crippen molar-refractivity contribution in [1.29, 1.82) is 0 Å². The smallest absolute Gasteiger partial charge is 0.244 e. The molecule has 0 aliphatic carbocycles. The third kappa shape index (κ3) is 4.64. The second-order valence-corrected chi connectivity index (χ2v) is 8.52. The molecule has 26 heavy (non-hydrogen) atoms. The Morgan fingerprint density at radius 1 is 1.04 bits per heavy atom. The molecule has 1 N–H and O–H groups in total. The van der Waals surface area contributed by atoms with E-state index in [4.69, 9.17) is 0 Å². The fourth-order valence-corrected chi connectivity index (χ4v) is 4.20. The molecular weight excluding hydrogens is 348 g/mol. The summed E-state index contributed by atoms with van der Waals surface area (Å²) in [6, 6.07) is 13.7. The van der Waals surface area contributed by atoms with Gasteiger partial charge in [0.1, 0.15) is 6.04 Å². The molecular formula is C20H26N2O3S. The maximum absolute atomic E-state index is 12.8. The van der Waals surface area contributed by atoms with Crippen LogP contribution in [0.25, 0.3) is 0 Å². The van der Waals surface area contributed by atoms with Gasteiger partial charge in [-0.25, -0.2) is 8.42 Å². The van der Waals surface area contributed by atoms with Crippen molar-refractivity contribution >= 4 is 21.6 Å². The van der Waals surface area contributed by atoms with Crippen LogP contribution in [0, 0.1) is 13.8 Å². The number of hydrogen-bond acceptors (Lipinski definition) is 3. The summed E-state index contributed by atoms with van der Waals surface area (Å²) < 4.78 is 25.7. The average molecular weight is 375 g/mol. The number of carbonyl (C=O) groups excluding carboxylic acids is 1. The standard InChI is InChI=1S/C20H26N2O3S/c1-14-11-12-15(2)19(13-14)16(3)21-20(23)17(4)22(26(5,24)25)18-9-7-6-8-10-18/h6-13,16-17H,1-5H3,(H,21,23). The third-order valence-corrected chi connectivity index (χ3v) is 5.60. The monoisotopic (exact) mass is 374 g/mol. The van der Waals surface area contributed by atoms with Gasteiger partial charge >= 0.3 is 0 Å². The number of rotatable bonds is 6. The first-order chi connectivity index (χ1) is 12.1. The Labute approximate surface area is 156 Å². The Bertz CT molecular complexity index is 879. The fourth-order valence-electron chi connectivity index (χ4n) is 3.02. The van der Waals surface area contributed by atoms with Gasteiger partial charge in [-0.3, -0.25) is 9.10 Å². The van der Waals surface area contributed by atoms with Crippen LogP contribution in [0.3, 0.4) is 0 Å². The van der Waals surface area contributed by atoms with E-state index >= 15 is 0 Å². The summed E-state index contributed by atoms with van der Waals surface area (Å²) in [6.07, 6.45) is 1.11. The van der Waals surface area contributed by atoms with Gasteiger partial charge < -0.3 is 5.32 Å². The van der Waals surface area contributed by atoms with E-state index in [0.29, 0.717) is 5.69 Å². The van der Waals surface area contributed by atoms with Crippen LogP contribution < -0.4 is 9.62 Å². The summed E-state index contributed by atoms with van der Waals surface area (Å²) in [6.45, 7) is 7.49. The molecule has 5 nitrogen and oxygen atoms in total. The lowest BCUT2D eigenvalue weighted by molar-refractivity contribution is -0.122. The van der Waals surface area contributed by atoms with Crippen LogP contribution in [0.1, 0.15) is 36.6 Å². The van der Waals surface area contributed by atoms with Crippen molar-refractivity contribution in [3.8, 4) is 0 Å². The molecule has 0 aliphatic rings. The lowest BCUT2D eigenvalue weighted by Gasteiger charge is -2.29. The number of carbonyl (C=O) groups is 1. The molecule has 0 aliphatic heterocycles. The lowest BCUT2D eigenvalue weighted by Crippen LogP contribution is -2.48. The summed E-state index contributed by atoms with van der Waals surface area (Å²) in [4.78, 5) is 12.8. The zero-order valence-electron chi connectivity index (χ0n) is 15.9. The van der Waals surface area contributed by atoms with Crippen molar-refractivity contribution < 1.29 is 13.2 Å². The number of para-hydroxylation sites is 1. The predicted molar refractivity (Wildman–Crippen MR) is 106 cm³/mol. The molecule has 2 atom stereocenters. The van der Waals surface area contributed by atoms with Crippen molar-refractivity contribution in [3.63, 3.8) is 0 Å². The topological polar surface area (TPSA) is 66.5 Å². The van der Waals surface area contributed by atoms with Gasteiger partial charge in [-0.1, -0.05) is 42.0 Å². The van der Waals surface area contributed by atoms with Crippen LogP contribution in [0.15, 0.2) is 48.5 Å². The Kier molecular flexibility index (Phi) is 6.08. The van der Waals surface area contributed by atoms with Crippen LogP contribution in [0.4, 0.5) is 5.69 Å². The van der Waals surface area contributed by atoms with E-state index in [-0.39, 0.29) is 11.9 Å². The zero-order valence-corrected chi connectivity index (χ0v) is 16.7. The van der Waals surface area contributed by atoms with Crippen molar-refractivity contribution in [3.05, 3.63) is 65.2 Å². The van der Waals surface area contributed by atoms with Crippen LogP contribution in [0.2, 0.25) is 0 Å². The number of nitrogens with one attached hydrogen (secondary N) is 1. The highest BCUT2D eigenvalue weighted by Crippen LogP contribution is 2.22. The highest BCUT2D eigenvalue weighted by atomic mass is 32.2. The molecule has 140 valence electrons. The number of aryl methyl sites for hydroxylation is 2. The minimum absolute atomic E-state index is 0.220. The molecule has 0 fully saturated rings. The molecule has 0 heterocycles. The van der Waals surface area contributed by atoms with Crippen LogP contribution in [-0.2, 0) is 14.8 Å². The van der Waals surface area contributed by atoms with Crippen LogP contribution >= 0.6 is 0 Å². The van der Waals surface area contributed by atoms with E-state index in [1.165, 1.54) is 0 Å². The fraction of sp³-hybridized carbons (Fsp3) is 0.350. The molecule has 0 aromatic heterocycles. The van der Waals surface area contributed by atoms with E-state index in [2.05, 4.69) is 5.32 Å². The maximum Gasteiger partial charge on any atom is 0.244 e. The van der Waals surface area contributed by atoms with Gasteiger partial charge in [0.15, 0.2) is 0 Å². The number of benzene rings is 2. The second kappa shape index (κ2) is 7.91. The van der Waals surface area contributed by atoms with Crippen LogP contribution in [-0.4, -0.2) is 26.6 Å². The Morgan fingerprint density at radius 3 is 2.23 bits per heavy atom. The molecule has 2 rings (SSSR count). The minimum atomic E-state index is -3.61.